The van der Waals surface area contributed by atoms with Crippen LogP contribution in [0.3, 0.4) is 0 Å². The lowest BCUT2D eigenvalue weighted by Gasteiger charge is -2.47. The van der Waals surface area contributed by atoms with Gasteiger partial charge in [0.05, 0.1) is 5.92 Å². The summed E-state index contributed by atoms with van der Waals surface area (Å²) in [5.74, 6) is 0.421. The van der Waals surface area contributed by atoms with Crippen molar-refractivity contribution >= 4 is 48.9 Å². The van der Waals surface area contributed by atoms with Crippen molar-refractivity contribution in [3.8, 4) is 11.5 Å². The molecule has 10 heteroatoms. The quantitative estimate of drug-likeness (QED) is 0.0928. The van der Waals surface area contributed by atoms with Crippen LogP contribution in [-0.4, -0.2) is 56.8 Å². The number of carbonyl (C=O) groups excluding carboxylic acids is 2. The molecule has 0 spiro atoms. The molecule has 2 aliphatic heterocycles. The highest BCUT2D eigenvalue weighted by atomic mass is 28.3. The van der Waals surface area contributed by atoms with Gasteiger partial charge in [-0.15, -0.1) is 0 Å². The Morgan fingerprint density at radius 3 is 2.51 bits per heavy atom. The van der Waals surface area contributed by atoms with Gasteiger partial charge < -0.3 is 28.0 Å². The molecule has 0 N–H and O–H groups in total. The number of cyclic esters (lactones) is 1. The first-order valence-electron chi connectivity index (χ1n) is 18.2. The normalized spacial score (nSPS) is 19.7. The van der Waals surface area contributed by atoms with Crippen LogP contribution in [0.5, 0.6) is 11.5 Å². The Bertz CT molecular complexity index is 2120. The highest BCUT2D eigenvalue weighted by Gasteiger charge is 2.63. The number of benzene rings is 4. The Labute approximate surface area is 312 Å². The first-order valence-corrected chi connectivity index (χ1v) is 20.7. The van der Waals surface area contributed by atoms with Crippen LogP contribution in [0.25, 0.3) is 27.9 Å². The van der Waals surface area contributed by atoms with Gasteiger partial charge in [-0.1, -0.05) is 81.4 Å². The minimum Gasteiger partial charge on any atom is -0.464 e. The number of nitrogens with zero attached hydrogens (tertiary/aromatic N) is 2. The van der Waals surface area contributed by atoms with Crippen molar-refractivity contribution in [2.75, 3.05) is 20.0 Å². The van der Waals surface area contributed by atoms with E-state index in [4.69, 9.17) is 23.1 Å². The maximum atomic E-state index is 15.7. The fourth-order valence-corrected chi connectivity index (χ4v) is 8.26. The van der Waals surface area contributed by atoms with Crippen molar-refractivity contribution in [2.24, 2.45) is 16.7 Å². The van der Waals surface area contributed by atoms with E-state index in [1.165, 1.54) is 0 Å². The van der Waals surface area contributed by atoms with Gasteiger partial charge >= 0.3 is 5.97 Å². The second-order valence-electron chi connectivity index (χ2n) is 15.3. The van der Waals surface area contributed by atoms with Crippen molar-refractivity contribution < 1.29 is 32.6 Å². The van der Waals surface area contributed by atoms with Crippen LogP contribution in [-0.2, 0) is 25.3 Å². The standard InChI is InChI=1S/C43H47N2O7Si/c1-28(33(32-20-21-37-38(23-32)50-27-49-37)14-11-17-39-44-35-15-9-10-16-36(35)52-39)45(24-29-18-19-30-12-7-8-13-31(30)22-29)41(47)43(42(2,3)4)26-48-40(46)34(43)25-51-53(5)6/h7-13,15-23,28,33-34H,14,24-27H2,1-6H3/t28-,33+,34+,43-/m1/s1. The zero-order chi connectivity index (χ0) is 37.3. The monoisotopic (exact) mass is 731 g/mol. The molecule has 7 rings (SSSR count). The summed E-state index contributed by atoms with van der Waals surface area (Å²) in [5.41, 5.74) is 1.69. The number of allylic oxidation sites excluding steroid dienone is 1. The van der Waals surface area contributed by atoms with E-state index in [1.807, 2.05) is 99.4 Å². The first kappa shape index (κ1) is 36.4. The first-order chi connectivity index (χ1) is 25.4. The molecular formula is C43H47N2O7Si. The number of ether oxygens (including phenoxy) is 3. The average Bonchev–Trinajstić information content (AvgIpc) is 3.87. The molecule has 2 aliphatic rings. The van der Waals surface area contributed by atoms with Crippen LogP contribution in [0.4, 0.5) is 0 Å². The number of hydrogen-bond acceptors (Lipinski definition) is 8. The molecule has 1 amide bonds. The average molecular weight is 732 g/mol. The molecule has 0 unspecified atom stereocenters. The van der Waals surface area contributed by atoms with E-state index in [2.05, 4.69) is 48.3 Å². The molecule has 0 saturated carbocycles. The number of rotatable bonds is 12. The largest absolute Gasteiger partial charge is 0.464 e. The molecule has 4 atom stereocenters. The maximum absolute atomic E-state index is 15.7. The SMILES string of the molecule is C[C@H]([C@H](CC=Cc1nc2ccccc2o1)c1ccc2c(c1)OCO2)N(Cc1ccc2ccccc2c1)C(=O)[C@@]1(C(C)(C)C)COC(=O)[C@@H]1CO[Si](C)C. The third-order valence-corrected chi connectivity index (χ3v) is 11.6. The van der Waals surface area contributed by atoms with Gasteiger partial charge in [0.2, 0.25) is 27.6 Å². The predicted octanol–water partition coefficient (Wildman–Crippen LogP) is 8.79. The zero-order valence-electron chi connectivity index (χ0n) is 31.3. The van der Waals surface area contributed by atoms with Gasteiger partial charge in [0.1, 0.15) is 17.5 Å². The highest BCUT2D eigenvalue weighted by Crippen LogP contribution is 2.52. The smallest absolute Gasteiger partial charge is 0.312 e. The van der Waals surface area contributed by atoms with Gasteiger partial charge in [-0.3, -0.25) is 9.59 Å². The third kappa shape index (κ3) is 7.22. The molecule has 53 heavy (non-hydrogen) atoms. The number of esters is 1. The summed E-state index contributed by atoms with van der Waals surface area (Å²) in [4.78, 5) is 35.9. The molecule has 3 heterocycles. The second kappa shape index (κ2) is 14.8. The van der Waals surface area contributed by atoms with Gasteiger partial charge in [-0.2, -0.15) is 0 Å². The highest BCUT2D eigenvalue weighted by molar-refractivity contribution is 6.48. The van der Waals surface area contributed by atoms with Gasteiger partial charge in [-0.05, 0) is 90.2 Å². The molecule has 4 aromatic carbocycles. The molecule has 1 aromatic heterocycles. The van der Waals surface area contributed by atoms with E-state index in [9.17, 15) is 4.79 Å². The van der Waals surface area contributed by atoms with Crippen LogP contribution in [0.1, 0.15) is 57.1 Å². The van der Waals surface area contributed by atoms with E-state index < -0.39 is 25.8 Å². The molecule has 1 fully saturated rings. The fraction of sp³-hybridized carbons (Fsp3) is 0.372. The molecule has 9 nitrogen and oxygen atoms in total. The number of carbonyl (C=O) groups is 2. The molecule has 5 aromatic rings. The number of hydrogen-bond donors (Lipinski definition) is 0. The van der Waals surface area contributed by atoms with Crippen molar-refractivity contribution in [3.05, 3.63) is 108 Å². The van der Waals surface area contributed by atoms with Crippen molar-refractivity contribution in [1.29, 1.82) is 0 Å². The van der Waals surface area contributed by atoms with E-state index >= 15 is 4.79 Å². The summed E-state index contributed by atoms with van der Waals surface area (Å²) in [6.07, 6.45) is 4.51. The van der Waals surface area contributed by atoms with Crippen molar-refractivity contribution in [2.45, 2.75) is 65.7 Å². The minimum absolute atomic E-state index is 0.00898. The van der Waals surface area contributed by atoms with Crippen molar-refractivity contribution in [1.82, 2.24) is 9.88 Å². The summed E-state index contributed by atoms with van der Waals surface area (Å²) in [7, 11) is -1.14. The number of amides is 1. The molecule has 1 saturated heterocycles. The zero-order valence-corrected chi connectivity index (χ0v) is 32.3. The summed E-state index contributed by atoms with van der Waals surface area (Å²) in [5, 5.41) is 2.22. The molecular weight excluding hydrogens is 685 g/mol. The maximum Gasteiger partial charge on any atom is 0.312 e. The number of oxazole rings is 1. The van der Waals surface area contributed by atoms with E-state index in [1.54, 1.807) is 0 Å². The minimum atomic E-state index is -1.17. The number of fused-ring (bicyclic) bond motifs is 3. The third-order valence-electron chi connectivity index (χ3n) is 10.9. The van der Waals surface area contributed by atoms with E-state index in [0.29, 0.717) is 30.4 Å². The van der Waals surface area contributed by atoms with Crippen molar-refractivity contribution in [3.63, 3.8) is 0 Å². The van der Waals surface area contributed by atoms with Crippen LogP contribution < -0.4 is 9.47 Å². The second-order valence-corrected chi connectivity index (χ2v) is 17.4. The van der Waals surface area contributed by atoms with Gasteiger partial charge in [0.15, 0.2) is 17.1 Å². The summed E-state index contributed by atoms with van der Waals surface area (Å²) >= 11 is 0. The van der Waals surface area contributed by atoms with E-state index in [0.717, 1.165) is 33.0 Å². The van der Waals surface area contributed by atoms with Crippen LogP contribution in [0.15, 0.2) is 95.4 Å². The predicted molar refractivity (Wildman–Crippen MR) is 207 cm³/mol. The Balaban J connectivity index is 1.32. The lowest BCUT2D eigenvalue weighted by Crippen LogP contribution is -2.58. The Hall–Kier alpha value is -4.93. The number of para-hydroxylation sites is 2. The Morgan fingerprint density at radius 1 is 0.981 bits per heavy atom. The molecule has 275 valence electrons. The molecule has 1 radical (unpaired) electrons. The fourth-order valence-electron chi connectivity index (χ4n) is 7.76. The molecule has 0 bridgehead atoms. The van der Waals surface area contributed by atoms with Crippen LogP contribution in [0, 0.1) is 16.7 Å². The number of aromatic nitrogens is 1. The summed E-state index contributed by atoms with van der Waals surface area (Å²) in [6.45, 7) is 12.9. The van der Waals surface area contributed by atoms with Gasteiger partial charge in [0.25, 0.3) is 0 Å². The summed E-state index contributed by atoms with van der Waals surface area (Å²) in [6, 6.07) is 27.9. The van der Waals surface area contributed by atoms with Gasteiger partial charge in [-0.25, -0.2) is 4.98 Å². The molecule has 0 aliphatic carbocycles. The Morgan fingerprint density at radius 2 is 1.74 bits per heavy atom. The topological polar surface area (TPSA) is 100 Å². The summed E-state index contributed by atoms with van der Waals surface area (Å²) < 4.78 is 29.5. The van der Waals surface area contributed by atoms with Crippen LogP contribution >= 0.6 is 0 Å². The Kier molecular flexibility index (Phi) is 10.2. The van der Waals surface area contributed by atoms with E-state index in [-0.39, 0.29) is 43.8 Å². The van der Waals surface area contributed by atoms with Gasteiger partial charge in [0, 0.05) is 25.1 Å². The lowest BCUT2D eigenvalue weighted by atomic mass is 9.60. The van der Waals surface area contributed by atoms with Crippen LogP contribution in [0.2, 0.25) is 13.1 Å². The lowest BCUT2D eigenvalue weighted by molar-refractivity contribution is -0.158.